The molecule has 0 bridgehead atoms. The number of aromatic nitrogens is 2. The minimum Gasteiger partial charge on any atom is -0.340 e. The number of hydrogen-bond donors (Lipinski definition) is 0. The second kappa shape index (κ2) is 6.84. The average Bonchev–Trinajstić information content (AvgIpc) is 3.07. The van der Waals surface area contributed by atoms with Crippen molar-refractivity contribution in [3.05, 3.63) is 18.5 Å². The first-order valence-corrected chi connectivity index (χ1v) is 10.5. The Labute approximate surface area is 143 Å². The van der Waals surface area contributed by atoms with Crippen LogP contribution >= 0.6 is 0 Å². The number of sulfone groups is 1. The third-order valence-electron chi connectivity index (χ3n) is 5.33. The maximum absolute atomic E-state index is 13.0. The molecule has 0 radical (unpaired) electrons. The molecule has 8 heteroatoms. The van der Waals surface area contributed by atoms with Crippen molar-refractivity contribution in [3.63, 3.8) is 0 Å². The van der Waals surface area contributed by atoms with Crippen LogP contribution in [0.2, 0.25) is 0 Å². The fourth-order valence-corrected chi connectivity index (χ4v) is 4.26. The van der Waals surface area contributed by atoms with Crippen LogP contribution < -0.4 is 0 Å². The molecular weight excluding hydrogens is 328 g/mol. The van der Waals surface area contributed by atoms with Crippen molar-refractivity contribution >= 4 is 15.7 Å². The molecule has 134 valence electrons. The number of likely N-dealkylation sites (tertiary alicyclic amines) is 2. The summed E-state index contributed by atoms with van der Waals surface area (Å²) in [5.41, 5.74) is -0.607. The van der Waals surface area contributed by atoms with Gasteiger partial charge in [0.25, 0.3) is 5.91 Å². The van der Waals surface area contributed by atoms with Crippen molar-refractivity contribution < 1.29 is 13.2 Å². The van der Waals surface area contributed by atoms with Gasteiger partial charge in [-0.25, -0.2) is 8.42 Å². The Morgan fingerprint density at radius 2 is 1.92 bits per heavy atom. The van der Waals surface area contributed by atoms with E-state index >= 15 is 0 Å². The number of rotatable bonds is 6. The van der Waals surface area contributed by atoms with Gasteiger partial charge in [0.1, 0.15) is 5.54 Å². The van der Waals surface area contributed by atoms with Gasteiger partial charge < -0.3 is 9.80 Å². The zero-order valence-electron chi connectivity index (χ0n) is 14.2. The topological polar surface area (TPSA) is 75.5 Å². The number of carbonyl (C=O) groups excluding carboxylic acids is 1. The fraction of sp³-hybridized carbons (Fsp3) is 0.750. The predicted octanol–water partition coefficient (Wildman–Crippen LogP) is 0.341. The Bertz CT molecular complexity index is 660. The molecule has 2 fully saturated rings. The molecule has 3 rings (SSSR count). The third kappa shape index (κ3) is 3.35. The van der Waals surface area contributed by atoms with E-state index < -0.39 is 15.4 Å². The largest absolute Gasteiger partial charge is 0.340 e. The van der Waals surface area contributed by atoms with Crippen molar-refractivity contribution in [1.82, 2.24) is 19.6 Å². The molecule has 1 aromatic rings. The van der Waals surface area contributed by atoms with Crippen LogP contribution in [0.3, 0.4) is 0 Å². The summed E-state index contributed by atoms with van der Waals surface area (Å²) in [7, 11) is -2.95. The summed E-state index contributed by atoms with van der Waals surface area (Å²) in [6.45, 7) is 5.33. The highest BCUT2D eigenvalue weighted by Crippen LogP contribution is 2.33. The second-order valence-electron chi connectivity index (χ2n) is 6.71. The molecule has 24 heavy (non-hydrogen) atoms. The highest BCUT2D eigenvalue weighted by molar-refractivity contribution is 7.91. The quantitative estimate of drug-likeness (QED) is 0.736. The van der Waals surface area contributed by atoms with Gasteiger partial charge in [-0.2, -0.15) is 5.10 Å². The van der Waals surface area contributed by atoms with Crippen LogP contribution in [0.25, 0.3) is 0 Å². The summed E-state index contributed by atoms with van der Waals surface area (Å²) in [4.78, 5) is 17.1. The third-order valence-corrected chi connectivity index (χ3v) is 7.01. The highest BCUT2D eigenvalue weighted by atomic mass is 32.2. The van der Waals surface area contributed by atoms with Crippen LogP contribution in [-0.2, 0) is 20.2 Å². The lowest BCUT2D eigenvalue weighted by Gasteiger charge is -2.45. The van der Waals surface area contributed by atoms with E-state index in [-0.39, 0.29) is 17.4 Å². The molecule has 0 atom stereocenters. The van der Waals surface area contributed by atoms with Crippen LogP contribution in [0, 0.1) is 0 Å². The first-order valence-electron chi connectivity index (χ1n) is 8.69. The molecule has 0 aromatic carbocycles. The number of piperidine rings is 1. The van der Waals surface area contributed by atoms with Gasteiger partial charge >= 0.3 is 0 Å². The van der Waals surface area contributed by atoms with Gasteiger partial charge in [0.15, 0.2) is 9.84 Å². The van der Waals surface area contributed by atoms with Gasteiger partial charge in [-0.3, -0.25) is 9.48 Å². The average molecular weight is 354 g/mol. The Morgan fingerprint density at radius 3 is 2.42 bits per heavy atom. The molecule has 1 aromatic heterocycles. The van der Waals surface area contributed by atoms with Crippen molar-refractivity contribution in [2.24, 2.45) is 0 Å². The van der Waals surface area contributed by atoms with Crippen LogP contribution in [0.4, 0.5) is 0 Å². The van der Waals surface area contributed by atoms with Crippen molar-refractivity contribution in [2.45, 2.75) is 31.7 Å². The molecule has 0 aliphatic carbocycles. The van der Waals surface area contributed by atoms with Gasteiger partial charge in [0.05, 0.1) is 5.75 Å². The Morgan fingerprint density at radius 1 is 1.21 bits per heavy atom. The molecular formula is C16H26N4O3S. The first-order chi connectivity index (χ1) is 11.5. The summed E-state index contributed by atoms with van der Waals surface area (Å²) >= 11 is 0. The standard InChI is InChI=1S/C16H26N4O3S/c1-2-24(22,23)14-13-18-11-5-16(6-12-18,20-10-3-7-17-20)15(21)19-8-4-9-19/h3,7,10H,2,4-6,8-9,11-14H2,1H3. The van der Waals surface area contributed by atoms with E-state index in [2.05, 4.69) is 10.00 Å². The molecule has 3 heterocycles. The molecule has 2 aliphatic heterocycles. The Balaban J connectivity index is 1.68. The van der Waals surface area contributed by atoms with Gasteiger partial charge in [0, 0.05) is 50.9 Å². The molecule has 2 saturated heterocycles. The molecule has 0 N–H and O–H groups in total. The lowest BCUT2D eigenvalue weighted by molar-refractivity contribution is -0.148. The summed E-state index contributed by atoms with van der Waals surface area (Å²) in [5, 5.41) is 4.35. The van der Waals surface area contributed by atoms with Crippen LogP contribution in [0.5, 0.6) is 0 Å². The van der Waals surface area contributed by atoms with E-state index in [1.807, 2.05) is 21.8 Å². The van der Waals surface area contributed by atoms with Crippen LogP contribution in [0.1, 0.15) is 26.2 Å². The Kier molecular flexibility index (Phi) is 4.96. The van der Waals surface area contributed by atoms with Crippen molar-refractivity contribution in [2.75, 3.05) is 44.2 Å². The predicted molar refractivity (Wildman–Crippen MR) is 91.4 cm³/mol. The molecule has 2 aliphatic rings. The monoisotopic (exact) mass is 354 g/mol. The maximum atomic E-state index is 13.0. The number of hydrogen-bond acceptors (Lipinski definition) is 5. The summed E-state index contributed by atoms with van der Waals surface area (Å²) in [5.74, 6) is 0.544. The number of carbonyl (C=O) groups is 1. The lowest BCUT2D eigenvalue weighted by atomic mass is 9.85. The Hall–Kier alpha value is -1.41. The maximum Gasteiger partial charge on any atom is 0.250 e. The smallest absolute Gasteiger partial charge is 0.250 e. The van der Waals surface area contributed by atoms with E-state index in [0.717, 1.165) is 32.6 Å². The van der Waals surface area contributed by atoms with Gasteiger partial charge in [-0.05, 0) is 25.3 Å². The summed E-state index contributed by atoms with van der Waals surface area (Å²) < 4.78 is 25.2. The fourth-order valence-electron chi connectivity index (χ4n) is 3.44. The SMILES string of the molecule is CCS(=O)(=O)CCN1CCC(C(=O)N2CCC2)(n2cccn2)CC1. The molecule has 0 unspecified atom stereocenters. The van der Waals surface area contributed by atoms with Crippen molar-refractivity contribution in [3.8, 4) is 0 Å². The van der Waals surface area contributed by atoms with Crippen LogP contribution in [0.15, 0.2) is 18.5 Å². The van der Waals surface area contributed by atoms with E-state index in [1.54, 1.807) is 13.1 Å². The zero-order valence-corrected chi connectivity index (χ0v) is 15.0. The number of amides is 1. The van der Waals surface area contributed by atoms with E-state index in [1.165, 1.54) is 0 Å². The first kappa shape index (κ1) is 17.4. The van der Waals surface area contributed by atoms with Gasteiger partial charge in [0.2, 0.25) is 0 Å². The van der Waals surface area contributed by atoms with E-state index in [4.69, 9.17) is 0 Å². The highest BCUT2D eigenvalue weighted by Gasteiger charge is 2.46. The van der Waals surface area contributed by atoms with Gasteiger partial charge in [-0.1, -0.05) is 6.92 Å². The molecule has 0 spiro atoms. The van der Waals surface area contributed by atoms with E-state index in [9.17, 15) is 13.2 Å². The minimum atomic E-state index is -2.95. The second-order valence-corrected chi connectivity index (χ2v) is 9.18. The van der Waals surface area contributed by atoms with Crippen molar-refractivity contribution in [1.29, 1.82) is 0 Å². The molecule has 7 nitrogen and oxygen atoms in total. The summed E-state index contributed by atoms with van der Waals surface area (Å²) in [6, 6.07) is 1.85. The van der Waals surface area contributed by atoms with Gasteiger partial charge in [-0.15, -0.1) is 0 Å². The molecule has 0 saturated carbocycles. The minimum absolute atomic E-state index is 0.165. The zero-order chi connectivity index (χ0) is 17.2. The number of nitrogens with zero attached hydrogens (tertiary/aromatic N) is 4. The molecule has 1 amide bonds. The lowest BCUT2D eigenvalue weighted by Crippen LogP contribution is -2.59. The normalized spacial score (nSPS) is 21.5. The van der Waals surface area contributed by atoms with E-state index in [0.29, 0.717) is 19.4 Å². The summed E-state index contributed by atoms with van der Waals surface area (Å²) in [6.07, 6.45) is 6.01. The van der Waals surface area contributed by atoms with Crippen LogP contribution in [-0.4, -0.2) is 78.1 Å².